The van der Waals surface area contributed by atoms with Gasteiger partial charge < -0.3 is 10.1 Å². The molecular weight excluding hydrogens is 246 g/mol. The van der Waals surface area contributed by atoms with Crippen molar-refractivity contribution in [1.82, 2.24) is 5.32 Å². The van der Waals surface area contributed by atoms with Gasteiger partial charge in [0, 0.05) is 0 Å². The van der Waals surface area contributed by atoms with Gasteiger partial charge in [-0.05, 0) is 68.6 Å². The van der Waals surface area contributed by atoms with Gasteiger partial charge in [0.15, 0.2) is 0 Å². The number of rotatable bonds is 5. The molecule has 0 saturated carbocycles. The van der Waals surface area contributed by atoms with E-state index in [1.807, 2.05) is 19.2 Å². The molecule has 1 unspecified atom stereocenters. The summed E-state index contributed by atoms with van der Waals surface area (Å²) in [5, 5.41) is 3.20. The highest BCUT2D eigenvalue weighted by Gasteiger charge is 2.21. The van der Waals surface area contributed by atoms with Crippen LogP contribution in [0.5, 0.6) is 5.75 Å². The Kier molecular flexibility index (Phi) is 5.28. The summed E-state index contributed by atoms with van der Waals surface area (Å²) in [6.45, 7) is 7.23. The van der Waals surface area contributed by atoms with Crippen LogP contribution in [0, 0.1) is 0 Å². The molecule has 0 fully saturated rings. The maximum absolute atomic E-state index is 5.79. The molecule has 1 atom stereocenters. The standard InChI is InChI=1S/C18H25NO/c1-4-9-19-13-14(3)11-16-8-10-20-18-7-6-15(5-2)12-17(16)18/h4,6-7,9,12-13,16,19H,5,8,10-11H2,1-3H3/b9-4-,14-13+. The molecule has 0 saturated heterocycles. The first-order valence-electron chi connectivity index (χ1n) is 7.53. The van der Waals surface area contributed by atoms with Crippen LogP contribution in [0.1, 0.15) is 50.7 Å². The Morgan fingerprint density at radius 3 is 3.05 bits per heavy atom. The van der Waals surface area contributed by atoms with E-state index >= 15 is 0 Å². The Balaban J connectivity index is 2.13. The summed E-state index contributed by atoms with van der Waals surface area (Å²) in [6.07, 6.45) is 9.33. The van der Waals surface area contributed by atoms with Gasteiger partial charge in [-0.25, -0.2) is 0 Å². The summed E-state index contributed by atoms with van der Waals surface area (Å²) in [5.74, 6) is 1.65. The van der Waals surface area contributed by atoms with Crippen LogP contribution in [0.2, 0.25) is 0 Å². The van der Waals surface area contributed by atoms with Gasteiger partial charge in [-0.1, -0.05) is 30.7 Å². The van der Waals surface area contributed by atoms with E-state index in [9.17, 15) is 0 Å². The van der Waals surface area contributed by atoms with E-state index in [1.54, 1.807) is 0 Å². The number of fused-ring (bicyclic) bond motifs is 1. The fourth-order valence-corrected chi connectivity index (χ4v) is 2.68. The molecular formula is C18H25NO. The lowest BCUT2D eigenvalue weighted by molar-refractivity contribution is 0.266. The molecule has 1 heterocycles. The SMILES string of the molecule is C/C=C\N/C=C(\C)CC1CCOc2ccc(CC)cc21. The van der Waals surface area contributed by atoms with Crippen molar-refractivity contribution >= 4 is 0 Å². The van der Waals surface area contributed by atoms with Crippen molar-refractivity contribution in [2.24, 2.45) is 0 Å². The summed E-state index contributed by atoms with van der Waals surface area (Å²) in [7, 11) is 0. The lowest BCUT2D eigenvalue weighted by atomic mass is 9.87. The van der Waals surface area contributed by atoms with E-state index < -0.39 is 0 Å². The van der Waals surface area contributed by atoms with Crippen LogP contribution in [0.3, 0.4) is 0 Å². The van der Waals surface area contributed by atoms with Crippen molar-refractivity contribution in [3.8, 4) is 5.75 Å². The average molecular weight is 271 g/mol. The van der Waals surface area contributed by atoms with E-state index in [0.29, 0.717) is 5.92 Å². The third-order valence-corrected chi connectivity index (χ3v) is 3.81. The van der Waals surface area contributed by atoms with Crippen LogP contribution in [0.4, 0.5) is 0 Å². The average Bonchev–Trinajstić information content (AvgIpc) is 2.47. The fraction of sp³-hybridized carbons (Fsp3) is 0.444. The zero-order chi connectivity index (χ0) is 14.4. The number of hydrogen-bond donors (Lipinski definition) is 1. The molecule has 2 nitrogen and oxygen atoms in total. The highest BCUT2D eigenvalue weighted by Crippen LogP contribution is 2.37. The summed E-state index contributed by atoms with van der Waals surface area (Å²) >= 11 is 0. The maximum atomic E-state index is 5.79. The monoisotopic (exact) mass is 271 g/mol. The smallest absolute Gasteiger partial charge is 0.122 e. The number of ether oxygens (including phenoxy) is 1. The van der Waals surface area contributed by atoms with Crippen LogP contribution in [-0.2, 0) is 6.42 Å². The second-order valence-corrected chi connectivity index (χ2v) is 5.42. The molecule has 108 valence electrons. The zero-order valence-electron chi connectivity index (χ0n) is 12.8. The first-order chi connectivity index (χ1) is 9.74. The van der Waals surface area contributed by atoms with Gasteiger partial charge in [0.25, 0.3) is 0 Å². The molecule has 0 aromatic heterocycles. The van der Waals surface area contributed by atoms with Gasteiger partial charge in [0.1, 0.15) is 5.75 Å². The summed E-state index contributed by atoms with van der Waals surface area (Å²) in [5.41, 5.74) is 4.16. The number of allylic oxidation sites excluding steroid dienone is 2. The minimum atomic E-state index is 0.578. The second kappa shape index (κ2) is 7.18. The largest absolute Gasteiger partial charge is 0.493 e. The van der Waals surface area contributed by atoms with Gasteiger partial charge in [-0.2, -0.15) is 0 Å². The highest BCUT2D eigenvalue weighted by molar-refractivity contribution is 5.41. The van der Waals surface area contributed by atoms with Crippen molar-refractivity contribution in [2.45, 2.75) is 46.0 Å². The van der Waals surface area contributed by atoms with Gasteiger partial charge in [-0.3, -0.25) is 0 Å². The Morgan fingerprint density at radius 2 is 2.30 bits per heavy atom. The van der Waals surface area contributed by atoms with Gasteiger partial charge >= 0.3 is 0 Å². The fourth-order valence-electron chi connectivity index (χ4n) is 2.68. The Morgan fingerprint density at radius 1 is 1.45 bits per heavy atom. The van der Waals surface area contributed by atoms with Crippen molar-refractivity contribution in [1.29, 1.82) is 0 Å². The van der Waals surface area contributed by atoms with Crippen LogP contribution in [0.25, 0.3) is 0 Å². The lowest BCUT2D eigenvalue weighted by Gasteiger charge is -2.26. The summed E-state index contributed by atoms with van der Waals surface area (Å²) in [4.78, 5) is 0. The summed E-state index contributed by atoms with van der Waals surface area (Å²) < 4.78 is 5.79. The Hall–Kier alpha value is -1.70. The summed E-state index contributed by atoms with van der Waals surface area (Å²) in [6, 6.07) is 6.64. The molecule has 0 bridgehead atoms. The predicted octanol–water partition coefficient (Wildman–Crippen LogP) is 4.53. The molecule has 0 aliphatic carbocycles. The Bertz CT molecular complexity index is 502. The van der Waals surface area contributed by atoms with Crippen molar-refractivity contribution in [3.05, 3.63) is 53.4 Å². The third-order valence-electron chi connectivity index (χ3n) is 3.81. The molecule has 1 aromatic rings. The molecule has 2 rings (SSSR count). The van der Waals surface area contributed by atoms with E-state index in [0.717, 1.165) is 31.6 Å². The molecule has 0 radical (unpaired) electrons. The Labute approximate surface area is 122 Å². The van der Waals surface area contributed by atoms with Gasteiger partial charge in [0.2, 0.25) is 0 Å². The predicted molar refractivity (Wildman–Crippen MR) is 85.0 cm³/mol. The van der Waals surface area contributed by atoms with Crippen LogP contribution in [-0.4, -0.2) is 6.61 Å². The van der Waals surface area contributed by atoms with Crippen molar-refractivity contribution in [2.75, 3.05) is 6.61 Å². The number of hydrogen-bond acceptors (Lipinski definition) is 2. The second-order valence-electron chi connectivity index (χ2n) is 5.42. The lowest BCUT2D eigenvalue weighted by Crippen LogP contribution is -2.15. The molecule has 1 aliphatic rings. The molecule has 0 spiro atoms. The first kappa shape index (κ1) is 14.7. The minimum Gasteiger partial charge on any atom is -0.493 e. The third kappa shape index (κ3) is 3.66. The zero-order valence-corrected chi connectivity index (χ0v) is 12.8. The first-order valence-corrected chi connectivity index (χ1v) is 7.53. The highest BCUT2D eigenvalue weighted by atomic mass is 16.5. The normalized spacial score (nSPS) is 18.8. The van der Waals surface area contributed by atoms with E-state index in [1.165, 1.54) is 16.7 Å². The van der Waals surface area contributed by atoms with E-state index in [4.69, 9.17) is 4.74 Å². The number of aryl methyl sites for hydroxylation is 1. The quantitative estimate of drug-likeness (QED) is 0.849. The minimum absolute atomic E-state index is 0.578. The molecule has 0 amide bonds. The van der Waals surface area contributed by atoms with Crippen LogP contribution >= 0.6 is 0 Å². The van der Waals surface area contributed by atoms with Crippen molar-refractivity contribution in [3.63, 3.8) is 0 Å². The van der Waals surface area contributed by atoms with Gasteiger partial charge in [-0.15, -0.1) is 0 Å². The molecule has 1 N–H and O–H groups in total. The van der Waals surface area contributed by atoms with Crippen molar-refractivity contribution < 1.29 is 4.74 Å². The molecule has 20 heavy (non-hydrogen) atoms. The topological polar surface area (TPSA) is 21.3 Å². The van der Waals surface area contributed by atoms with Gasteiger partial charge in [0.05, 0.1) is 6.61 Å². The van der Waals surface area contributed by atoms with E-state index in [-0.39, 0.29) is 0 Å². The van der Waals surface area contributed by atoms with E-state index in [2.05, 4.69) is 43.6 Å². The maximum Gasteiger partial charge on any atom is 0.122 e. The number of nitrogens with one attached hydrogen (secondary N) is 1. The number of benzene rings is 1. The molecule has 1 aromatic carbocycles. The molecule has 1 aliphatic heterocycles. The molecule has 2 heteroatoms. The van der Waals surface area contributed by atoms with Crippen LogP contribution < -0.4 is 10.1 Å². The van der Waals surface area contributed by atoms with Crippen LogP contribution in [0.15, 0.2) is 42.2 Å².